The number of benzene rings is 2. The van der Waals surface area contributed by atoms with Crippen LogP contribution in [0.2, 0.25) is 5.02 Å². The van der Waals surface area contributed by atoms with Crippen LogP contribution in [0.25, 0.3) is 0 Å². The van der Waals surface area contributed by atoms with Crippen molar-refractivity contribution in [3.63, 3.8) is 0 Å². The summed E-state index contributed by atoms with van der Waals surface area (Å²) in [4.78, 5) is 27.8. The van der Waals surface area contributed by atoms with Gasteiger partial charge >= 0.3 is 0 Å². The van der Waals surface area contributed by atoms with E-state index in [0.717, 1.165) is 27.0 Å². The Bertz CT molecular complexity index is 1160. The summed E-state index contributed by atoms with van der Waals surface area (Å²) in [6, 6.07) is 10.9. The fraction of sp³-hybridized carbons (Fsp3) is 0.417. The van der Waals surface area contributed by atoms with E-state index in [1.807, 2.05) is 38.1 Å². The van der Waals surface area contributed by atoms with Crippen molar-refractivity contribution in [2.24, 2.45) is 0 Å². The molecule has 0 unspecified atom stereocenters. The number of anilines is 1. The number of halogens is 2. The third kappa shape index (κ3) is 8.12. The van der Waals surface area contributed by atoms with Crippen LogP contribution in [0, 0.1) is 0 Å². The van der Waals surface area contributed by atoms with Gasteiger partial charge in [-0.05, 0) is 56.2 Å². The molecule has 192 valence electrons. The van der Waals surface area contributed by atoms with Gasteiger partial charge < -0.3 is 15.0 Å². The number of nitrogens with one attached hydrogen (secondary N) is 1. The number of carbonyl (C=O) groups is 2. The van der Waals surface area contributed by atoms with Crippen LogP contribution in [0.1, 0.15) is 32.8 Å². The minimum absolute atomic E-state index is 0.0678. The van der Waals surface area contributed by atoms with Crippen LogP contribution >= 0.6 is 27.5 Å². The zero-order valence-electron chi connectivity index (χ0n) is 20.4. The Kier molecular flexibility index (Phi) is 10.4. The van der Waals surface area contributed by atoms with E-state index >= 15 is 0 Å². The Balaban J connectivity index is 2.41. The molecule has 0 aromatic heterocycles. The summed E-state index contributed by atoms with van der Waals surface area (Å²) in [5.74, 6) is -0.475. The lowest BCUT2D eigenvalue weighted by atomic mass is 10.1. The first-order chi connectivity index (χ1) is 16.4. The predicted molar refractivity (Wildman–Crippen MR) is 142 cm³/mol. The Hall–Kier alpha value is -2.30. The van der Waals surface area contributed by atoms with Crippen molar-refractivity contribution in [1.29, 1.82) is 0 Å². The number of nitrogens with zero attached hydrogens (tertiary/aromatic N) is 2. The molecule has 0 heterocycles. The van der Waals surface area contributed by atoms with Gasteiger partial charge in [0.25, 0.3) is 0 Å². The molecule has 2 atom stereocenters. The van der Waals surface area contributed by atoms with Crippen LogP contribution in [0.15, 0.2) is 46.9 Å². The molecule has 0 aliphatic heterocycles. The highest BCUT2D eigenvalue weighted by atomic mass is 79.9. The Labute approximate surface area is 220 Å². The van der Waals surface area contributed by atoms with E-state index in [0.29, 0.717) is 5.75 Å². The molecule has 2 amide bonds. The van der Waals surface area contributed by atoms with E-state index < -0.39 is 28.5 Å². The van der Waals surface area contributed by atoms with Crippen molar-refractivity contribution >= 4 is 55.1 Å². The van der Waals surface area contributed by atoms with E-state index in [9.17, 15) is 18.0 Å². The van der Waals surface area contributed by atoms with Crippen molar-refractivity contribution in [3.8, 4) is 5.75 Å². The van der Waals surface area contributed by atoms with Crippen LogP contribution in [-0.4, -0.2) is 57.1 Å². The van der Waals surface area contributed by atoms with Crippen LogP contribution in [0.5, 0.6) is 5.75 Å². The predicted octanol–water partition coefficient (Wildman–Crippen LogP) is 4.21. The average molecular weight is 589 g/mol. The Morgan fingerprint density at radius 3 is 2.40 bits per heavy atom. The molecule has 0 fully saturated rings. The normalized spacial score (nSPS) is 13.0. The van der Waals surface area contributed by atoms with Crippen LogP contribution in [-0.2, 0) is 26.2 Å². The first kappa shape index (κ1) is 28.9. The van der Waals surface area contributed by atoms with Gasteiger partial charge in [0.2, 0.25) is 21.8 Å². The molecule has 1 N–H and O–H groups in total. The molecule has 0 saturated heterocycles. The van der Waals surface area contributed by atoms with Crippen LogP contribution < -0.4 is 14.4 Å². The standard InChI is InChI=1S/C24H31BrClN3O5S/c1-6-16(2)27-24(31)17(3)28(14-18-8-7-9-19(25)12-18)23(30)15-29(35(5,32)33)20-10-11-22(34-4)21(26)13-20/h7-13,16-17H,6,14-15H2,1-5H3,(H,27,31)/t16-,17+/m0/s1. The second kappa shape index (κ2) is 12.6. The molecule has 0 aliphatic rings. The third-order valence-corrected chi connectivity index (χ3v) is 7.44. The van der Waals surface area contributed by atoms with Gasteiger partial charge in [0.05, 0.1) is 24.1 Å². The summed E-state index contributed by atoms with van der Waals surface area (Å²) in [5, 5.41) is 3.10. The van der Waals surface area contributed by atoms with E-state index in [-0.39, 0.29) is 29.2 Å². The van der Waals surface area contributed by atoms with Crippen molar-refractivity contribution in [2.75, 3.05) is 24.2 Å². The summed E-state index contributed by atoms with van der Waals surface area (Å²) in [6.45, 7) is 5.07. The molecule has 11 heteroatoms. The highest BCUT2D eigenvalue weighted by Crippen LogP contribution is 2.30. The molecular formula is C24H31BrClN3O5S. The van der Waals surface area contributed by atoms with E-state index in [1.54, 1.807) is 6.92 Å². The Morgan fingerprint density at radius 2 is 1.86 bits per heavy atom. The number of methoxy groups -OCH3 is 1. The maximum Gasteiger partial charge on any atom is 0.244 e. The second-order valence-electron chi connectivity index (χ2n) is 8.23. The third-order valence-electron chi connectivity index (χ3n) is 5.51. The highest BCUT2D eigenvalue weighted by Gasteiger charge is 2.30. The SMILES string of the molecule is CC[C@H](C)NC(=O)[C@@H](C)N(Cc1cccc(Br)c1)C(=O)CN(c1ccc(OC)c(Cl)c1)S(C)(=O)=O. The monoisotopic (exact) mass is 587 g/mol. The average Bonchev–Trinajstić information content (AvgIpc) is 2.79. The molecule has 2 aromatic carbocycles. The van der Waals surface area contributed by atoms with Gasteiger partial charge in [0, 0.05) is 17.1 Å². The number of sulfonamides is 1. The van der Waals surface area contributed by atoms with Gasteiger partial charge in [-0.3, -0.25) is 13.9 Å². The van der Waals surface area contributed by atoms with Crippen molar-refractivity contribution in [1.82, 2.24) is 10.2 Å². The van der Waals surface area contributed by atoms with Gasteiger partial charge in [-0.1, -0.05) is 46.6 Å². The lowest BCUT2D eigenvalue weighted by molar-refractivity contribution is -0.139. The number of hydrogen-bond donors (Lipinski definition) is 1. The largest absolute Gasteiger partial charge is 0.495 e. The summed E-state index contributed by atoms with van der Waals surface area (Å²) in [6.07, 6.45) is 1.74. The number of hydrogen-bond acceptors (Lipinski definition) is 5. The zero-order valence-corrected chi connectivity index (χ0v) is 23.6. The molecule has 2 rings (SSSR count). The first-order valence-corrected chi connectivity index (χ1v) is 14.0. The second-order valence-corrected chi connectivity index (χ2v) is 11.5. The lowest BCUT2D eigenvalue weighted by Gasteiger charge is -2.32. The first-order valence-electron chi connectivity index (χ1n) is 11.0. The molecule has 0 saturated carbocycles. The lowest BCUT2D eigenvalue weighted by Crippen LogP contribution is -2.52. The van der Waals surface area contributed by atoms with Gasteiger partial charge in [0.1, 0.15) is 18.3 Å². The minimum Gasteiger partial charge on any atom is -0.495 e. The minimum atomic E-state index is -3.85. The molecule has 2 aromatic rings. The number of amides is 2. The molecule has 8 nitrogen and oxygen atoms in total. The van der Waals surface area contributed by atoms with Crippen LogP contribution in [0.4, 0.5) is 5.69 Å². The highest BCUT2D eigenvalue weighted by molar-refractivity contribution is 9.10. The van der Waals surface area contributed by atoms with Crippen LogP contribution in [0.3, 0.4) is 0 Å². The smallest absolute Gasteiger partial charge is 0.244 e. The van der Waals surface area contributed by atoms with Gasteiger partial charge in [-0.25, -0.2) is 8.42 Å². The number of ether oxygens (including phenoxy) is 1. The fourth-order valence-electron chi connectivity index (χ4n) is 3.30. The van der Waals surface area contributed by atoms with Crippen molar-refractivity contribution < 1.29 is 22.7 Å². The molecule has 0 aliphatic carbocycles. The van der Waals surface area contributed by atoms with Gasteiger partial charge in [0.15, 0.2) is 0 Å². The van der Waals surface area contributed by atoms with Gasteiger partial charge in [-0.15, -0.1) is 0 Å². The maximum absolute atomic E-state index is 13.5. The van der Waals surface area contributed by atoms with Gasteiger partial charge in [-0.2, -0.15) is 0 Å². The number of carbonyl (C=O) groups excluding carboxylic acids is 2. The molecule has 0 bridgehead atoms. The fourth-order valence-corrected chi connectivity index (χ4v) is 4.84. The number of rotatable bonds is 11. The Morgan fingerprint density at radius 1 is 1.17 bits per heavy atom. The van der Waals surface area contributed by atoms with Crippen molar-refractivity contribution in [2.45, 2.75) is 45.8 Å². The summed E-state index contributed by atoms with van der Waals surface area (Å²) >= 11 is 9.62. The summed E-state index contributed by atoms with van der Waals surface area (Å²) in [5.41, 5.74) is 1.00. The maximum atomic E-state index is 13.5. The topological polar surface area (TPSA) is 96.0 Å². The van der Waals surface area contributed by atoms with E-state index in [1.165, 1.54) is 30.2 Å². The quantitative estimate of drug-likeness (QED) is 0.424. The van der Waals surface area contributed by atoms with E-state index in [2.05, 4.69) is 21.2 Å². The van der Waals surface area contributed by atoms with Crippen molar-refractivity contribution in [3.05, 3.63) is 57.5 Å². The molecule has 35 heavy (non-hydrogen) atoms. The summed E-state index contributed by atoms with van der Waals surface area (Å²) in [7, 11) is -2.40. The molecular weight excluding hydrogens is 558 g/mol. The molecule has 0 radical (unpaired) electrons. The summed E-state index contributed by atoms with van der Waals surface area (Å²) < 4.78 is 32.2. The molecule has 0 spiro atoms. The zero-order chi connectivity index (χ0) is 26.3. The van der Waals surface area contributed by atoms with E-state index in [4.69, 9.17) is 16.3 Å².